The van der Waals surface area contributed by atoms with Crippen LogP contribution in [-0.2, 0) is 19.6 Å². The highest BCUT2D eigenvalue weighted by Crippen LogP contribution is 2.44. The number of rotatable bonds is 5. The van der Waals surface area contributed by atoms with Crippen LogP contribution in [0.3, 0.4) is 0 Å². The second-order valence-corrected chi connectivity index (χ2v) is 10.0. The molecular weight excluding hydrogens is 488 g/mol. The number of ketones is 1. The van der Waals surface area contributed by atoms with Gasteiger partial charge in [0.2, 0.25) is 10.0 Å². The monoisotopic (exact) mass is 504 g/mol. The van der Waals surface area contributed by atoms with Crippen LogP contribution >= 0.6 is 22.9 Å². The van der Waals surface area contributed by atoms with E-state index in [4.69, 9.17) is 21.5 Å². The molecule has 0 aliphatic carbocycles. The van der Waals surface area contributed by atoms with E-state index in [0.29, 0.717) is 10.6 Å². The highest BCUT2D eigenvalue weighted by Gasteiger charge is 2.47. The molecule has 1 fully saturated rings. The Morgan fingerprint density at radius 3 is 2.42 bits per heavy atom. The summed E-state index contributed by atoms with van der Waals surface area (Å²) in [5.41, 5.74) is 0.256. The molecule has 3 N–H and O–H groups in total. The first-order chi connectivity index (χ1) is 15.6. The van der Waals surface area contributed by atoms with Crippen molar-refractivity contribution >= 4 is 56.1 Å². The number of hydrogen-bond donors (Lipinski definition) is 2. The van der Waals surface area contributed by atoms with Crippen molar-refractivity contribution in [1.82, 2.24) is 0 Å². The molecule has 0 bridgehead atoms. The van der Waals surface area contributed by atoms with Crippen molar-refractivity contribution in [3.63, 3.8) is 0 Å². The molecule has 33 heavy (non-hydrogen) atoms. The van der Waals surface area contributed by atoms with E-state index in [9.17, 15) is 23.1 Å². The maximum absolute atomic E-state index is 13.1. The fraction of sp³-hybridized carbons (Fsp3) is 0.0909. The molecular formula is C22H17ClN2O6S2. The van der Waals surface area contributed by atoms with Gasteiger partial charge in [-0.05, 0) is 53.9 Å². The number of aliphatic hydroxyl groups excluding tert-OH is 1. The van der Waals surface area contributed by atoms with Crippen LogP contribution < -0.4 is 14.8 Å². The molecule has 1 aliphatic rings. The number of halogens is 1. The van der Waals surface area contributed by atoms with E-state index in [1.165, 1.54) is 59.7 Å². The van der Waals surface area contributed by atoms with Crippen molar-refractivity contribution in [2.75, 3.05) is 12.0 Å². The smallest absolute Gasteiger partial charge is 0.300 e. The number of carbonyl (C=O) groups excluding carboxylic acids is 2. The van der Waals surface area contributed by atoms with Crippen LogP contribution in [0.2, 0.25) is 5.02 Å². The maximum Gasteiger partial charge on any atom is 0.300 e. The number of ether oxygens (including phenoxy) is 1. The third-order valence-corrected chi connectivity index (χ3v) is 7.31. The molecule has 1 aliphatic heterocycles. The van der Waals surface area contributed by atoms with Gasteiger partial charge in [0.1, 0.15) is 17.6 Å². The molecule has 1 unspecified atom stereocenters. The normalized spacial score (nSPS) is 18.0. The predicted octanol–water partition coefficient (Wildman–Crippen LogP) is 3.68. The van der Waals surface area contributed by atoms with E-state index >= 15 is 0 Å². The average Bonchev–Trinajstić information content (AvgIpc) is 3.40. The van der Waals surface area contributed by atoms with Crippen molar-refractivity contribution in [2.45, 2.75) is 10.9 Å². The van der Waals surface area contributed by atoms with E-state index in [0.717, 1.165) is 0 Å². The van der Waals surface area contributed by atoms with Gasteiger partial charge < -0.3 is 9.84 Å². The summed E-state index contributed by atoms with van der Waals surface area (Å²) in [6, 6.07) is 12.4. The average molecular weight is 505 g/mol. The number of sulfonamides is 1. The fourth-order valence-corrected chi connectivity index (χ4v) is 5.12. The van der Waals surface area contributed by atoms with Crippen molar-refractivity contribution in [3.05, 3.63) is 81.0 Å². The number of hydrogen-bond acceptors (Lipinski definition) is 7. The first-order valence-corrected chi connectivity index (χ1v) is 12.2. The molecule has 2 aromatic carbocycles. The molecule has 0 saturated carbocycles. The second-order valence-electron chi connectivity index (χ2n) is 7.07. The highest BCUT2D eigenvalue weighted by molar-refractivity contribution is 7.89. The van der Waals surface area contributed by atoms with Gasteiger partial charge in [-0.3, -0.25) is 14.5 Å². The van der Waals surface area contributed by atoms with E-state index in [1.807, 2.05) is 0 Å². The zero-order chi connectivity index (χ0) is 23.9. The molecule has 170 valence electrons. The number of amides is 1. The number of Topliss-reactive ketones (excluding diaryl/α,β-unsaturated/α-hetero) is 1. The summed E-state index contributed by atoms with van der Waals surface area (Å²) in [6.07, 6.45) is 0. The van der Waals surface area contributed by atoms with Gasteiger partial charge in [0.05, 0.1) is 22.6 Å². The molecule has 11 heteroatoms. The highest BCUT2D eigenvalue weighted by atomic mass is 35.5. The predicted molar refractivity (Wildman–Crippen MR) is 125 cm³/mol. The quantitative estimate of drug-likeness (QED) is 0.310. The summed E-state index contributed by atoms with van der Waals surface area (Å²) in [4.78, 5) is 27.9. The first-order valence-electron chi connectivity index (χ1n) is 9.44. The van der Waals surface area contributed by atoms with Gasteiger partial charge in [0.15, 0.2) is 0 Å². The minimum atomic E-state index is -3.94. The van der Waals surface area contributed by atoms with Crippen LogP contribution in [0.15, 0.2) is 70.4 Å². The summed E-state index contributed by atoms with van der Waals surface area (Å²) >= 11 is 7.56. The molecule has 0 radical (unpaired) electrons. The zero-order valence-corrected chi connectivity index (χ0v) is 19.4. The molecule has 1 aromatic heterocycles. The Hall–Kier alpha value is -3.18. The first kappa shape index (κ1) is 23.0. The van der Waals surface area contributed by atoms with Crippen LogP contribution in [0.4, 0.5) is 5.69 Å². The molecule has 2 heterocycles. The van der Waals surface area contributed by atoms with Crippen LogP contribution in [0.25, 0.3) is 5.76 Å². The number of methoxy groups -OCH3 is 1. The topological polar surface area (TPSA) is 127 Å². The summed E-state index contributed by atoms with van der Waals surface area (Å²) in [5.74, 6) is -1.82. The van der Waals surface area contributed by atoms with Crippen molar-refractivity contribution < 1.29 is 27.9 Å². The van der Waals surface area contributed by atoms with E-state index < -0.39 is 33.5 Å². The van der Waals surface area contributed by atoms with Crippen LogP contribution in [0.1, 0.15) is 16.5 Å². The lowest BCUT2D eigenvalue weighted by Crippen LogP contribution is -2.29. The molecule has 1 atom stereocenters. The van der Waals surface area contributed by atoms with Gasteiger partial charge in [-0.15, -0.1) is 11.3 Å². The Morgan fingerprint density at radius 1 is 1.15 bits per heavy atom. The third-order valence-electron chi connectivity index (χ3n) is 5.13. The number of anilines is 1. The number of aliphatic hydroxyl groups is 1. The minimum Gasteiger partial charge on any atom is -0.507 e. The third kappa shape index (κ3) is 4.13. The SMILES string of the molecule is COc1ccc(Cl)c(/C(O)=C2/C(=O)C(=O)N(c3ccc(S(N)(=O)=O)cc3)C2c2cccs2)c1. The van der Waals surface area contributed by atoms with Gasteiger partial charge in [-0.25, -0.2) is 13.6 Å². The van der Waals surface area contributed by atoms with E-state index in [-0.39, 0.29) is 26.7 Å². The molecule has 0 spiro atoms. The Bertz CT molecular complexity index is 1380. The van der Waals surface area contributed by atoms with Crippen molar-refractivity contribution in [1.29, 1.82) is 0 Å². The van der Waals surface area contributed by atoms with Crippen LogP contribution in [-0.4, -0.2) is 32.3 Å². The summed E-state index contributed by atoms with van der Waals surface area (Å²) < 4.78 is 28.4. The maximum atomic E-state index is 13.1. The molecule has 3 aromatic rings. The standard InChI is InChI=1S/C22H17ClN2O6S2/c1-31-13-6-9-16(23)15(11-13)20(26)18-19(17-3-2-10-32-17)25(22(28)21(18)27)12-4-7-14(8-5-12)33(24,29)30/h2-11,19,26H,1H3,(H2,24,29,30)/b20-18-. The minimum absolute atomic E-state index is 0.139. The molecule has 4 rings (SSSR count). The summed E-state index contributed by atoms with van der Waals surface area (Å²) in [6.45, 7) is 0. The number of carbonyl (C=O) groups is 2. The second kappa shape index (κ2) is 8.64. The van der Waals surface area contributed by atoms with Crippen molar-refractivity contribution in [2.24, 2.45) is 5.14 Å². The van der Waals surface area contributed by atoms with Gasteiger partial charge >= 0.3 is 0 Å². The van der Waals surface area contributed by atoms with Gasteiger partial charge in [-0.2, -0.15) is 0 Å². The van der Waals surface area contributed by atoms with E-state index in [1.54, 1.807) is 23.6 Å². The number of benzene rings is 2. The van der Waals surface area contributed by atoms with Crippen LogP contribution in [0, 0.1) is 0 Å². The molecule has 1 saturated heterocycles. The number of thiophene rings is 1. The fourth-order valence-electron chi connectivity index (χ4n) is 3.57. The van der Waals surface area contributed by atoms with E-state index in [2.05, 4.69) is 0 Å². The number of primary sulfonamides is 1. The lowest BCUT2D eigenvalue weighted by atomic mass is 9.99. The summed E-state index contributed by atoms with van der Waals surface area (Å²) in [5, 5.41) is 18.2. The Morgan fingerprint density at radius 2 is 1.85 bits per heavy atom. The lowest BCUT2D eigenvalue weighted by Gasteiger charge is -2.24. The lowest BCUT2D eigenvalue weighted by molar-refractivity contribution is -0.132. The molecule has 1 amide bonds. The number of nitrogens with zero attached hydrogens (tertiary/aromatic N) is 1. The van der Waals surface area contributed by atoms with Crippen molar-refractivity contribution in [3.8, 4) is 5.75 Å². The summed E-state index contributed by atoms with van der Waals surface area (Å²) in [7, 11) is -2.49. The van der Waals surface area contributed by atoms with Gasteiger partial charge in [-0.1, -0.05) is 17.7 Å². The van der Waals surface area contributed by atoms with Crippen LogP contribution in [0.5, 0.6) is 5.75 Å². The molecule has 8 nitrogen and oxygen atoms in total. The Kier molecular flexibility index (Phi) is 6.02. The largest absolute Gasteiger partial charge is 0.507 e. The zero-order valence-electron chi connectivity index (χ0n) is 17.1. The van der Waals surface area contributed by atoms with Gasteiger partial charge in [0, 0.05) is 16.1 Å². The van der Waals surface area contributed by atoms with Gasteiger partial charge in [0.25, 0.3) is 11.7 Å². The Balaban J connectivity index is 1.91. The Labute approximate surface area is 198 Å². The number of nitrogens with two attached hydrogens (primary N) is 1.